The second kappa shape index (κ2) is 5.54. The van der Waals surface area contributed by atoms with Gasteiger partial charge >= 0.3 is 5.97 Å². The van der Waals surface area contributed by atoms with Crippen LogP contribution in [0.4, 0.5) is 4.39 Å². The molecule has 0 atom stereocenters. The van der Waals surface area contributed by atoms with Crippen LogP contribution in [0.1, 0.15) is 15.9 Å². The van der Waals surface area contributed by atoms with Crippen molar-refractivity contribution in [2.45, 2.75) is 6.61 Å². The molecule has 3 nitrogen and oxygen atoms in total. The Bertz CT molecular complexity index is 793. The Morgan fingerprint density at radius 3 is 2.67 bits per heavy atom. The second-order valence-electron chi connectivity index (χ2n) is 4.49. The summed E-state index contributed by atoms with van der Waals surface area (Å²) in [5.41, 5.74) is 1.09. The number of rotatable bonds is 4. The molecule has 1 aromatic heterocycles. The first-order valence-electron chi connectivity index (χ1n) is 6.26. The molecule has 0 aliphatic carbocycles. The van der Waals surface area contributed by atoms with Crippen molar-refractivity contribution >= 4 is 27.4 Å². The smallest absolute Gasteiger partial charge is 0.336 e. The molecule has 1 heterocycles. The summed E-state index contributed by atoms with van der Waals surface area (Å²) in [5, 5.41) is 11.9. The highest BCUT2D eigenvalue weighted by molar-refractivity contribution is 7.17. The number of carboxylic acids is 1. The highest BCUT2D eigenvalue weighted by atomic mass is 32.1. The monoisotopic (exact) mass is 302 g/mol. The van der Waals surface area contributed by atoms with E-state index in [0.29, 0.717) is 11.1 Å². The van der Waals surface area contributed by atoms with Crippen LogP contribution in [0.3, 0.4) is 0 Å². The van der Waals surface area contributed by atoms with Crippen LogP contribution in [0, 0.1) is 5.82 Å². The molecule has 0 bridgehead atoms. The van der Waals surface area contributed by atoms with Crippen molar-refractivity contribution in [3.8, 4) is 5.75 Å². The number of fused-ring (bicyclic) bond motifs is 1. The molecule has 5 heteroatoms. The first kappa shape index (κ1) is 13.6. The topological polar surface area (TPSA) is 46.5 Å². The Hall–Kier alpha value is -2.40. The van der Waals surface area contributed by atoms with Crippen molar-refractivity contribution in [2.24, 2.45) is 0 Å². The van der Waals surface area contributed by atoms with E-state index < -0.39 is 5.97 Å². The second-order valence-corrected chi connectivity index (χ2v) is 5.40. The lowest BCUT2D eigenvalue weighted by molar-refractivity contribution is 0.0699. The fourth-order valence-corrected chi connectivity index (χ4v) is 3.10. The van der Waals surface area contributed by atoms with Gasteiger partial charge < -0.3 is 9.84 Å². The van der Waals surface area contributed by atoms with E-state index >= 15 is 0 Å². The van der Waals surface area contributed by atoms with Gasteiger partial charge in [0.1, 0.15) is 18.2 Å². The Kier molecular flexibility index (Phi) is 3.58. The lowest BCUT2D eigenvalue weighted by atomic mass is 10.1. The number of carbonyl (C=O) groups is 1. The zero-order valence-electron chi connectivity index (χ0n) is 10.9. The predicted octanol–water partition coefficient (Wildman–Crippen LogP) is 4.32. The van der Waals surface area contributed by atoms with Gasteiger partial charge in [-0.25, -0.2) is 9.18 Å². The van der Waals surface area contributed by atoms with Crippen LogP contribution in [0.15, 0.2) is 47.8 Å². The molecule has 0 aliphatic heterocycles. The average Bonchev–Trinajstić information content (AvgIpc) is 2.90. The summed E-state index contributed by atoms with van der Waals surface area (Å²) in [4.78, 5) is 11.3. The Morgan fingerprint density at radius 2 is 1.95 bits per heavy atom. The zero-order valence-corrected chi connectivity index (χ0v) is 11.7. The van der Waals surface area contributed by atoms with Crippen LogP contribution < -0.4 is 4.74 Å². The van der Waals surface area contributed by atoms with E-state index in [9.17, 15) is 14.3 Å². The summed E-state index contributed by atoms with van der Waals surface area (Å²) >= 11 is 1.48. The summed E-state index contributed by atoms with van der Waals surface area (Å²) in [7, 11) is 0. The van der Waals surface area contributed by atoms with Crippen LogP contribution in [0.25, 0.3) is 10.1 Å². The molecule has 3 aromatic rings. The molecule has 1 N–H and O–H groups in total. The molecular formula is C16H11FO3S. The van der Waals surface area contributed by atoms with Crippen molar-refractivity contribution in [2.75, 3.05) is 0 Å². The molecule has 0 aliphatic rings. The Balaban J connectivity index is 1.90. The van der Waals surface area contributed by atoms with Gasteiger partial charge in [-0.15, -0.1) is 11.3 Å². The molecule has 106 valence electrons. The molecule has 0 spiro atoms. The number of aromatic carboxylic acids is 1. The highest BCUT2D eigenvalue weighted by Crippen LogP contribution is 2.30. The van der Waals surface area contributed by atoms with E-state index in [2.05, 4.69) is 0 Å². The summed E-state index contributed by atoms with van der Waals surface area (Å²) in [5.74, 6) is -0.734. The highest BCUT2D eigenvalue weighted by Gasteiger charge is 2.14. The van der Waals surface area contributed by atoms with Gasteiger partial charge in [0, 0.05) is 15.6 Å². The van der Waals surface area contributed by atoms with Gasteiger partial charge in [0.15, 0.2) is 0 Å². The van der Waals surface area contributed by atoms with Crippen LogP contribution in [-0.4, -0.2) is 11.1 Å². The quantitative estimate of drug-likeness (QED) is 0.781. The van der Waals surface area contributed by atoms with Crippen LogP contribution in [0.2, 0.25) is 0 Å². The third-order valence-electron chi connectivity index (χ3n) is 3.11. The normalized spacial score (nSPS) is 10.7. The lowest BCUT2D eigenvalue weighted by Crippen LogP contribution is -2.00. The molecule has 0 radical (unpaired) electrons. The number of benzene rings is 2. The molecule has 3 rings (SSSR count). The number of halogens is 1. The summed E-state index contributed by atoms with van der Waals surface area (Å²) in [6.07, 6.45) is 0. The number of hydrogen-bond acceptors (Lipinski definition) is 3. The van der Waals surface area contributed by atoms with Gasteiger partial charge in [-0.05, 0) is 41.8 Å². The maximum atomic E-state index is 12.8. The third kappa shape index (κ3) is 2.73. The fourth-order valence-electron chi connectivity index (χ4n) is 2.13. The molecule has 0 fully saturated rings. The molecule has 0 unspecified atom stereocenters. The minimum absolute atomic E-state index is 0.246. The number of thiophene rings is 1. The van der Waals surface area contributed by atoms with Gasteiger partial charge in [-0.3, -0.25) is 0 Å². The average molecular weight is 302 g/mol. The summed E-state index contributed by atoms with van der Waals surface area (Å²) < 4.78 is 19.3. The molecule has 0 amide bonds. The third-order valence-corrected chi connectivity index (χ3v) is 4.11. The first-order chi connectivity index (χ1) is 10.1. The van der Waals surface area contributed by atoms with E-state index in [0.717, 1.165) is 10.3 Å². The van der Waals surface area contributed by atoms with Crippen molar-refractivity contribution in [1.29, 1.82) is 0 Å². The van der Waals surface area contributed by atoms with Crippen molar-refractivity contribution in [3.05, 3.63) is 64.8 Å². The Morgan fingerprint density at radius 1 is 1.19 bits per heavy atom. The van der Waals surface area contributed by atoms with Crippen molar-refractivity contribution in [1.82, 2.24) is 0 Å². The largest absolute Gasteiger partial charge is 0.489 e. The van der Waals surface area contributed by atoms with Gasteiger partial charge in [0.05, 0.1) is 5.56 Å². The SMILES string of the molecule is O=C(O)c1cccc2scc(COc3ccc(F)cc3)c12. The molecule has 0 saturated carbocycles. The van der Waals surface area contributed by atoms with Gasteiger partial charge in [-0.2, -0.15) is 0 Å². The first-order valence-corrected chi connectivity index (χ1v) is 7.14. The van der Waals surface area contributed by atoms with E-state index in [4.69, 9.17) is 4.74 Å². The van der Waals surface area contributed by atoms with E-state index in [1.165, 1.54) is 23.5 Å². The van der Waals surface area contributed by atoms with Crippen molar-refractivity contribution in [3.63, 3.8) is 0 Å². The van der Waals surface area contributed by atoms with Crippen LogP contribution in [-0.2, 0) is 6.61 Å². The molecular weight excluding hydrogens is 291 g/mol. The summed E-state index contributed by atoms with van der Waals surface area (Å²) in [6.45, 7) is 0.246. The van der Waals surface area contributed by atoms with E-state index in [-0.39, 0.29) is 18.0 Å². The maximum Gasteiger partial charge on any atom is 0.336 e. The van der Waals surface area contributed by atoms with Gasteiger partial charge in [0.25, 0.3) is 0 Å². The number of hydrogen-bond donors (Lipinski definition) is 1. The molecule has 21 heavy (non-hydrogen) atoms. The Labute approximate surface area is 124 Å². The maximum absolute atomic E-state index is 12.8. The zero-order chi connectivity index (χ0) is 14.8. The number of ether oxygens (including phenoxy) is 1. The molecule has 0 saturated heterocycles. The standard InChI is InChI=1S/C16H11FO3S/c17-11-4-6-12(7-5-11)20-8-10-9-21-14-3-1-2-13(15(10)14)16(18)19/h1-7,9H,8H2,(H,18,19). The van der Waals surface area contributed by atoms with Gasteiger partial charge in [0.2, 0.25) is 0 Å². The fraction of sp³-hybridized carbons (Fsp3) is 0.0625. The summed E-state index contributed by atoms with van der Waals surface area (Å²) in [6, 6.07) is 10.9. The minimum Gasteiger partial charge on any atom is -0.489 e. The van der Waals surface area contributed by atoms with Crippen LogP contribution >= 0.6 is 11.3 Å². The van der Waals surface area contributed by atoms with Gasteiger partial charge in [-0.1, -0.05) is 6.07 Å². The molecule has 2 aromatic carbocycles. The van der Waals surface area contributed by atoms with E-state index in [1.54, 1.807) is 24.3 Å². The predicted molar refractivity (Wildman–Crippen MR) is 79.5 cm³/mol. The minimum atomic E-state index is -0.956. The van der Waals surface area contributed by atoms with E-state index in [1.807, 2.05) is 11.4 Å². The lowest BCUT2D eigenvalue weighted by Gasteiger charge is -2.06. The number of carboxylic acid groups (broad SMARTS) is 1. The van der Waals surface area contributed by atoms with Crippen molar-refractivity contribution < 1.29 is 19.0 Å². The van der Waals surface area contributed by atoms with Crippen LogP contribution in [0.5, 0.6) is 5.75 Å².